The Balaban J connectivity index is 2.17. The molecule has 0 unspecified atom stereocenters. The second-order valence-corrected chi connectivity index (χ2v) is 5.90. The predicted octanol–water partition coefficient (Wildman–Crippen LogP) is 3.45. The van der Waals surface area contributed by atoms with Gasteiger partial charge in [-0.15, -0.1) is 0 Å². The zero-order chi connectivity index (χ0) is 14.7. The van der Waals surface area contributed by atoms with Crippen molar-refractivity contribution in [3.05, 3.63) is 71.8 Å². The van der Waals surface area contributed by atoms with Crippen LogP contribution in [0.1, 0.15) is 17.5 Å². The lowest BCUT2D eigenvalue weighted by Gasteiger charge is -2.34. The summed E-state index contributed by atoms with van der Waals surface area (Å²) in [7, 11) is 2.14. The van der Waals surface area contributed by atoms with Crippen molar-refractivity contribution >= 4 is 0 Å². The molecule has 0 bridgehead atoms. The fourth-order valence-corrected chi connectivity index (χ4v) is 3.55. The van der Waals surface area contributed by atoms with Crippen LogP contribution in [0, 0.1) is 17.2 Å². The van der Waals surface area contributed by atoms with E-state index in [1.54, 1.807) is 0 Å². The third-order valence-electron chi connectivity index (χ3n) is 4.64. The molecule has 21 heavy (non-hydrogen) atoms. The van der Waals surface area contributed by atoms with Gasteiger partial charge in [0, 0.05) is 6.54 Å². The lowest BCUT2D eigenvalue weighted by molar-refractivity contribution is 0.355. The largest absolute Gasteiger partial charge is 0.306 e. The van der Waals surface area contributed by atoms with Crippen LogP contribution >= 0.6 is 0 Å². The summed E-state index contributed by atoms with van der Waals surface area (Å²) in [6.45, 7) is 2.03. The summed E-state index contributed by atoms with van der Waals surface area (Å²) in [6.07, 6.45) is 1.06. The molecule has 1 fully saturated rings. The summed E-state index contributed by atoms with van der Waals surface area (Å²) in [4.78, 5) is 2.32. The average molecular weight is 276 g/mol. The van der Waals surface area contributed by atoms with E-state index in [4.69, 9.17) is 0 Å². The fourth-order valence-electron chi connectivity index (χ4n) is 3.55. The lowest BCUT2D eigenvalue weighted by Crippen LogP contribution is -2.36. The van der Waals surface area contributed by atoms with Gasteiger partial charge in [-0.1, -0.05) is 60.7 Å². The second-order valence-electron chi connectivity index (χ2n) is 5.90. The first-order valence-electron chi connectivity index (χ1n) is 7.48. The number of nitrogens with zero attached hydrogens (tertiary/aromatic N) is 2. The number of hydrogen-bond acceptors (Lipinski definition) is 2. The van der Waals surface area contributed by atoms with Gasteiger partial charge in [-0.05, 0) is 37.1 Å². The van der Waals surface area contributed by atoms with Gasteiger partial charge in [-0.2, -0.15) is 5.26 Å². The minimum atomic E-state index is -0.548. The van der Waals surface area contributed by atoms with Crippen molar-refractivity contribution in [3.63, 3.8) is 0 Å². The molecule has 0 amide bonds. The molecule has 2 heteroatoms. The monoisotopic (exact) mass is 276 g/mol. The highest BCUT2D eigenvalue weighted by molar-refractivity contribution is 5.47. The van der Waals surface area contributed by atoms with E-state index in [9.17, 15) is 5.26 Å². The molecule has 1 aliphatic heterocycles. The lowest BCUT2D eigenvalue weighted by atomic mass is 9.66. The fraction of sp³-hybridized carbons (Fsp3) is 0.316. The molecule has 0 aromatic heterocycles. The summed E-state index contributed by atoms with van der Waals surface area (Å²) in [6, 6.07) is 23.2. The maximum absolute atomic E-state index is 10.2. The highest BCUT2D eigenvalue weighted by Gasteiger charge is 2.44. The normalized spacial score (nSPS) is 19.3. The molecule has 0 spiro atoms. The Morgan fingerprint density at radius 3 is 1.90 bits per heavy atom. The first kappa shape index (κ1) is 13.9. The van der Waals surface area contributed by atoms with Gasteiger partial charge in [-0.25, -0.2) is 0 Å². The van der Waals surface area contributed by atoms with Crippen LogP contribution in [0.25, 0.3) is 0 Å². The van der Waals surface area contributed by atoms with Crippen LogP contribution in [-0.4, -0.2) is 25.0 Å². The molecule has 1 saturated heterocycles. The van der Waals surface area contributed by atoms with Crippen LogP contribution in [0.15, 0.2) is 60.7 Å². The van der Waals surface area contributed by atoms with Crippen LogP contribution in [0.2, 0.25) is 0 Å². The molecule has 0 radical (unpaired) electrons. The molecule has 106 valence electrons. The molecular weight excluding hydrogens is 256 g/mol. The van der Waals surface area contributed by atoms with Crippen LogP contribution in [-0.2, 0) is 5.41 Å². The van der Waals surface area contributed by atoms with Crippen molar-refractivity contribution in [3.8, 4) is 6.07 Å². The van der Waals surface area contributed by atoms with Crippen LogP contribution < -0.4 is 0 Å². The van der Waals surface area contributed by atoms with Crippen LogP contribution in [0.5, 0.6) is 0 Å². The molecule has 1 atom stereocenters. The Labute approximate surface area is 126 Å². The smallest absolute Gasteiger partial charge is 0.111 e. The molecule has 0 N–H and O–H groups in total. The van der Waals surface area contributed by atoms with Gasteiger partial charge in [0.05, 0.1) is 6.07 Å². The molecule has 0 saturated carbocycles. The van der Waals surface area contributed by atoms with Gasteiger partial charge in [0.1, 0.15) is 5.41 Å². The zero-order valence-corrected chi connectivity index (χ0v) is 12.4. The predicted molar refractivity (Wildman–Crippen MR) is 84.9 cm³/mol. The number of benzene rings is 2. The number of likely N-dealkylation sites (tertiary alicyclic amines) is 1. The molecular formula is C19H20N2. The average Bonchev–Trinajstić information content (AvgIpc) is 2.98. The Hall–Kier alpha value is -2.11. The molecule has 2 aromatic carbocycles. The van der Waals surface area contributed by atoms with E-state index in [1.807, 2.05) is 36.4 Å². The van der Waals surface area contributed by atoms with Crippen molar-refractivity contribution in [1.29, 1.82) is 5.26 Å². The van der Waals surface area contributed by atoms with Crippen molar-refractivity contribution < 1.29 is 0 Å². The van der Waals surface area contributed by atoms with Crippen molar-refractivity contribution in [2.45, 2.75) is 11.8 Å². The van der Waals surface area contributed by atoms with Crippen LogP contribution in [0.4, 0.5) is 0 Å². The molecule has 1 heterocycles. The first-order chi connectivity index (χ1) is 10.3. The van der Waals surface area contributed by atoms with Gasteiger partial charge in [0.15, 0.2) is 0 Å². The Bertz CT molecular complexity index is 588. The van der Waals surface area contributed by atoms with Gasteiger partial charge in [0.2, 0.25) is 0 Å². The maximum atomic E-state index is 10.2. The molecule has 2 nitrogen and oxygen atoms in total. The summed E-state index contributed by atoms with van der Waals surface area (Å²) < 4.78 is 0. The quantitative estimate of drug-likeness (QED) is 0.858. The molecule has 0 aliphatic carbocycles. The van der Waals surface area contributed by atoms with E-state index >= 15 is 0 Å². The Morgan fingerprint density at radius 2 is 1.52 bits per heavy atom. The minimum absolute atomic E-state index is 0.331. The van der Waals surface area contributed by atoms with Crippen molar-refractivity contribution in [2.24, 2.45) is 5.92 Å². The summed E-state index contributed by atoms with van der Waals surface area (Å²) >= 11 is 0. The van der Waals surface area contributed by atoms with E-state index in [1.165, 1.54) is 0 Å². The maximum Gasteiger partial charge on any atom is 0.111 e. The SMILES string of the molecule is CN1CC[C@H](C(C#N)(c2ccccc2)c2ccccc2)C1. The highest BCUT2D eigenvalue weighted by atomic mass is 15.1. The molecule has 1 aliphatic rings. The van der Waals surface area contributed by atoms with E-state index in [0.717, 1.165) is 30.6 Å². The van der Waals surface area contributed by atoms with E-state index in [2.05, 4.69) is 42.3 Å². The first-order valence-corrected chi connectivity index (χ1v) is 7.48. The van der Waals surface area contributed by atoms with Gasteiger partial charge >= 0.3 is 0 Å². The third-order valence-corrected chi connectivity index (χ3v) is 4.64. The molecule has 2 aromatic rings. The van der Waals surface area contributed by atoms with Gasteiger partial charge < -0.3 is 4.90 Å². The van der Waals surface area contributed by atoms with Crippen molar-refractivity contribution in [2.75, 3.05) is 20.1 Å². The summed E-state index contributed by atoms with van der Waals surface area (Å²) in [5.74, 6) is 0.331. The third kappa shape index (κ3) is 2.34. The second kappa shape index (κ2) is 5.71. The summed E-state index contributed by atoms with van der Waals surface area (Å²) in [5.41, 5.74) is 1.67. The highest BCUT2D eigenvalue weighted by Crippen LogP contribution is 2.42. The number of nitriles is 1. The van der Waals surface area contributed by atoms with Gasteiger partial charge in [0.25, 0.3) is 0 Å². The number of hydrogen-bond donors (Lipinski definition) is 0. The Kier molecular flexibility index (Phi) is 3.77. The number of rotatable bonds is 3. The minimum Gasteiger partial charge on any atom is -0.306 e. The van der Waals surface area contributed by atoms with Crippen LogP contribution in [0.3, 0.4) is 0 Å². The van der Waals surface area contributed by atoms with E-state index < -0.39 is 5.41 Å². The molecule has 3 rings (SSSR count). The van der Waals surface area contributed by atoms with E-state index in [-0.39, 0.29) is 0 Å². The Morgan fingerprint density at radius 1 is 1.00 bits per heavy atom. The van der Waals surface area contributed by atoms with Gasteiger partial charge in [-0.3, -0.25) is 0 Å². The zero-order valence-electron chi connectivity index (χ0n) is 12.4. The standard InChI is InChI=1S/C19H20N2/c1-21-13-12-18(14-21)19(15-20,16-8-4-2-5-9-16)17-10-6-3-7-11-17/h2-11,18H,12-14H2,1H3/t18-/m0/s1. The summed E-state index contributed by atoms with van der Waals surface area (Å²) in [5, 5.41) is 10.2. The topological polar surface area (TPSA) is 27.0 Å². The van der Waals surface area contributed by atoms with E-state index in [0.29, 0.717) is 5.92 Å². The van der Waals surface area contributed by atoms with Crippen molar-refractivity contribution in [1.82, 2.24) is 4.90 Å².